The zero-order valence-corrected chi connectivity index (χ0v) is 11.0. The number of benzene rings is 1. The molecule has 0 saturated carbocycles. The molecule has 0 radical (unpaired) electrons. The molecule has 0 fully saturated rings. The lowest BCUT2D eigenvalue weighted by atomic mass is 10.1. The molecule has 0 aliphatic heterocycles. The normalized spacial score (nSPS) is 11.1. The van der Waals surface area contributed by atoms with Crippen molar-refractivity contribution < 1.29 is 5.11 Å². The molecular formula is C10H8ClIOS. The summed E-state index contributed by atoms with van der Waals surface area (Å²) in [4.78, 5) is 0. The molecule has 1 aromatic heterocycles. The Morgan fingerprint density at radius 2 is 2.29 bits per heavy atom. The van der Waals surface area contributed by atoms with E-state index in [0.717, 1.165) is 14.7 Å². The third kappa shape index (κ3) is 1.66. The molecule has 1 heterocycles. The summed E-state index contributed by atoms with van der Waals surface area (Å²) in [6.07, 6.45) is 0. The van der Waals surface area contributed by atoms with Crippen LogP contribution in [0.5, 0.6) is 0 Å². The molecule has 0 atom stereocenters. The second-order valence-electron chi connectivity index (χ2n) is 2.95. The van der Waals surface area contributed by atoms with Crippen LogP contribution in [0.1, 0.15) is 11.1 Å². The van der Waals surface area contributed by atoms with Crippen molar-refractivity contribution in [3.8, 4) is 0 Å². The van der Waals surface area contributed by atoms with E-state index in [2.05, 4.69) is 40.1 Å². The van der Waals surface area contributed by atoms with Gasteiger partial charge in [-0.05, 0) is 51.2 Å². The highest BCUT2D eigenvalue weighted by atomic mass is 127. The summed E-state index contributed by atoms with van der Waals surface area (Å²) >= 11 is 9.82. The molecule has 14 heavy (non-hydrogen) atoms. The number of hydrogen-bond donors (Lipinski definition) is 1. The molecule has 0 aliphatic rings. The molecule has 1 nitrogen and oxygen atoms in total. The van der Waals surface area contributed by atoms with E-state index in [4.69, 9.17) is 11.6 Å². The van der Waals surface area contributed by atoms with Crippen LogP contribution in [0.3, 0.4) is 0 Å². The zero-order chi connectivity index (χ0) is 10.1. The predicted molar refractivity (Wildman–Crippen MR) is 70.0 cm³/mol. The Morgan fingerprint density at radius 3 is 2.93 bits per heavy atom. The van der Waals surface area contributed by atoms with Gasteiger partial charge in [-0.3, -0.25) is 0 Å². The molecule has 1 aromatic carbocycles. The van der Waals surface area contributed by atoms with Gasteiger partial charge in [0.2, 0.25) is 0 Å². The first-order chi connectivity index (χ1) is 6.77. The highest BCUT2D eigenvalue weighted by Gasteiger charge is 2.10. The number of hydrogen-bond acceptors (Lipinski definition) is 2. The number of aliphatic hydroxyl groups is 1. The second-order valence-corrected chi connectivity index (χ2v) is 5.25. The minimum Gasteiger partial charge on any atom is -0.392 e. The number of alkyl halides is 1. The number of aliphatic hydroxyl groups excluding tert-OH is 1. The standard InChI is InChI=1S/C10H8ClIOS/c11-4-6-3-9-7(1-2-14-9)10(12)8(6)5-13/h1-3,13H,4-5H2. The van der Waals surface area contributed by atoms with Crippen LogP contribution in [0.2, 0.25) is 0 Å². The second kappa shape index (κ2) is 4.35. The van der Waals surface area contributed by atoms with Crippen LogP contribution in [0.25, 0.3) is 10.1 Å². The Kier molecular flexibility index (Phi) is 3.31. The van der Waals surface area contributed by atoms with Crippen molar-refractivity contribution in [3.05, 3.63) is 32.2 Å². The minimum atomic E-state index is 0.0616. The monoisotopic (exact) mass is 338 g/mol. The Hall–Kier alpha value is 0.160. The van der Waals surface area contributed by atoms with E-state index in [1.807, 2.05) is 0 Å². The fourth-order valence-electron chi connectivity index (χ4n) is 1.45. The van der Waals surface area contributed by atoms with E-state index >= 15 is 0 Å². The van der Waals surface area contributed by atoms with Crippen LogP contribution in [-0.4, -0.2) is 5.11 Å². The van der Waals surface area contributed by atoms with E-state index in [0.29, 0.717) is 5.88 Å². The van der Waals surface area contributed by atoms with E-state index in [1.54, 1.807) is 11.3 Å². The first-order valence-corrected chi connectivity index (χ1v) is 6.61. The number of halogens is 2. The molecule has 2 rings (SSSR count). The van der Waals surface area contributed by atoms with Crippen molar-refractivity contribution in [2.24, 2.45) is 0 Å². The number of rotatable bonds is 2. The molecule has 0 saturated heterocycles. The van der Waals surface area contributed by atoms with E-state index in [1.165, 1.54) is 10.1 Å². The zero-order valence-electron chi connectivity index (χ0n) is 7.26. The van der Waals surface area contributed by atoms with Gasteiger partial charge in [0, 0.05) is 19.5 Å². The lowest BCUT2D eigenvalue weighted by Crippen LogP contribution is -1.95. The van der Waals surface area contributed by atoms with Gasteiger partial charge in [-0.2, -0.15) is 0 Å². The van der Waals surface area contributed by atoms with E-state index in [9.17, 15) is 5.11 Å². The Balaban J connectivity index is 2.79. The summed E-state index contributed by atoms with van der Waals surface area (Å²) in [7, 11) is 0. The molecule has 0 spiro atoms. The van der Waals surface area contributed by atoms with Crippen molar-refractivity contribution in [3.63, 3.8) is 0 Å². The fraction of sp³-hybridized carbons (Fsp3) is 0.200. The molecular weight excluding hydrogens is 331 g/mol. The molecule has 0 amide bonds. The summed E-state index contributed by atoms with van der Waals surface area (Å²) in [5.74, 6) is 0.458. The summed E-state index contributed by atoms with van der Waals surface area (Å²) in [6, 6.07) is 4.15. The van der Waals surface area contributed by atoms with Crippen LogP contribution >= 0.6 is 45.5 Å². The summed E-state index contributed by atoms with van der Waals surface area (Å²) in [6.45, 7) is 0.0616. The van der Waals surface area contributed by atoms with Crippen molar-refractivity contribution in [1.82, 2.24) is 0 Å². The predicted octanol–water partition coefficient (Wildman–Crippen LogP) is 3.74. The van der Waals surface area contributed by atoms with Gasteiger partial charge in [0.15, 0.2) is 0 Å². The molecule has 0 unspecified atom stereocenters. The Bertz CT molecular complexity index is 466. The van der Waals surface area contributed by atoms with Gasteiger partial charge in [0.05, 0.1) is 6.61 Å². The highest BCUT2D eigenvalue weighted by molar-refractivity contribution is 14.1. The van der Waals surface area contributed by atoms with Crippen LogP contribution in [0.4, 0.5) is 0 Å². The molecule has 0 aliphatic carbocycles. The van der Waals surface area contributed by atoms with Gasteiger partial charge in [-0.15, -0.1) is 22.9 Å². The third-order valence-corrected chi connectivity index (χ3v) is 4.58. The lowest BCUT2D eigenvalue weighted by molar-refractivity contribution is 0.280. The van der Waals surface area contributed by atoms with E-state index in [-0.39, 0.29) is 6.61 Å². The quantitative estimate of drug-likeness (QED) is 0.653. The van der Waals surface area contributed by atoms with Gasteiger partial charge < -0.3 is 5.11 Å². The average Bonchev–Trinajstić information content (AvgIpc) is 2.65. The summed E-state index contributed by atoms with van der Waals surface area (Å²) in [5, 5.41) is 12.5. The number of thiophene rings is 1. The molecule has 2 aromatic rings. The van der Waals surface area contributed by atoms with Gasteiger partial charge >= 0.3 is 0 Å². The van der Waals surface area contributed by atoms with Crippen LogP contribution in [0.15, 0.2) is 17.5 Å². The first-order valence-electron chi connectivity index (χ1n) is 4.12. The summed E-state index contributed by atoms with van der Waals surface area (Å²) < 4.78 is 2.36. The highest BCUT2D eigenvalue weighted by Crippen LogP contribution is 2.31. The number of fused-ring (bicyclic) bond motifs is 1. The van der Waals surface area contributed by atoms with Crippen molar-refractivity contribution in [1.29, 1.82) is 0 Å². The topological polar surface area (TPSA) is 20.2 Å². The van der Waals surface area contributed by atoms with Crippen LogP contribution in [-0.2, 0) is 12.5 Å². The lowest BCUT2D eigenvalue weighted by Gasteiger charge is -2.08. The van der Waals surface area contributed by atoms with Crippen molar-refractivity contribution in [2.75, 3.05) is 0 Å². The van der Waals surface area contributed by atoms with Crippen LogP contribution in [0, 0.1) is 3.57 Å². The van der Waals surface area contributed by atoms with Gasteiger partial charge in [0.1, 0.15) is 0 Å². The third-order valence-electron chi connectivity index (χ3n) is 2.19. The van der Waals surface area contributed by atoms with Gasteiger partial charge in [-0.1, -0.05) is 0 Å². The molecule has 0 bridgehead atoms. The average molecular weight is 339 g/mol. The van der Waals surface area contributed by atoms with Crippen LogP contribution < -0.4 is 0 Å². The molecule has 4 heteroatoms. The minimum absolute atomic E-state index is 0.0616. The largest absolute Gasteiger partial charge is 0.392 e. The molecule has 1 N–H and O–H groups in total. The molecule has 74 valence electrons. The Morgan fingerprint density at radius 1 is 1.50 bits per heavy atom. The maximum absolute atomic E-state index is 9.27. The summed E-state index contributed by atoms with van der Waals surface area (Å²) in [5.41, 5.74) is 2.00. The SMILES string of the molecule is OCc1c(CCl)cc2sccc2c1I. The van der Waals surface area contributed by atoms with Gasteiger partial charge in [-0.25, -0.2) is 0 Å². The smallest absolute Gasteiger partial charge is 0.0695 e. The maximum Gasteiger partial charge on any atom is 0.0695 e. The Labute approximate surface area is 105 Å². The first kappa shape index (κ1) is 10.7. The maximum atomic E-state index is 9.27. The van der Waals surface area contributed by atoms with Crippen molar-refractivity contribution >= 4 is 55.6 Å². The van der Waals surface area contributed by atoms with E-state index < -0.39 is 0 Å². The fourth-order valence-corrected chi connectivity index (χ4v) is 3.72. The van der Waals surface area contributed by atoms with Gasteiger partial charge in [0.25, 0.3) is 0 Å². The van der Waals surface area contributed by atoms with Crippen molar-refractivity contribution in [2.45, 2.75) is 12.5 Å².